The molecule has 0 saturated heterocycles. The summed E-state index contributed by atoms with van der Waals surface area (Å²) in [5.41, 5.74) is 2.27. The third kappa shape index (κ3) is 8.75. The van der Waals surface area contributed by atoms with Crippen molar-refractivity contribution in [2.24, 2.45) is 5.92 Å². The number of hydrogen-bond acceptors (Lipinski definition) is 3. The minimum atomic E-state index is -0.609. The van der Waals surface area contributed by atoms with Gasteiger partial charge < -0.3 is 14.6 Å². The van der Waals surface area contributed by atoms with E-state index in [1.54, 1.807) is 0 Å². The molecule has 0 heterocycles. The lowest BCUT2D eigenvalue weighted by Crippen LogP contribution is -2.47. The summed E-state index contributed by atoms with van der Waals surface area (Å²) in [7, 11) is 0. The Bertz CT molecular complexity index is 675. The summed E-state index contributed by atoms with van der Waals surface area (Å²) < 4.78 is 11.8. The van der Waals surface area contributed by atoms with Crippen molar-refractivity contribution < 1.29 is 14.6 Å². The van der Waals surface area contributed by atoms with Crippen molar-refractivity contribution in [3.63, 3.8) is 0 Å². The van der Waals surface area contributed by atoms with Crippen molar-refractivity contribution in [2.75, 3.05) is 6.61 Å². The second-order valence-corrected chi connectivity index (χ2v) is 10.6. The third-order valence-corrected chi connectivity index (χ3v) is 6.14. The van der Waals surface area contributed by atoms with Crippen molar-refractivity contribution in [2.45, 2.75) is 68.9 Å². The van der Waals surface area contributed by atoms with Crippen LogP contribution in [0.3, 0.4) is 0 Å². The number of rotatable bonds is 13. The molecule has 0 spiro atoms. The second kappa shape index (κ2) is 12.7. The van der Waals surface area contributed by atoms with Crippen LogP contribution in [0.15, 0.2) is 60.7 Å². The summed E-state index contributed by atoms with van der Waals surface area (Å²) >= 11 is 2.33. The molecule has 3 unspecified atom stereocenters. The Morgan fingerprint density at radius 2 is 1.52 bits per heavy atom. The maximum atomic E-state index is 11.2. The zero-order valence-corrected chi connectivity index (χ0v) is 20.0. The summed E-state index contributed by atoms with van der Waals surface area (Å²) in [6.45, 7) is 8.02. The number of aliphatic hydroxyl groups excluding tert-OH is 1. The van der Waals surface area contributed by atoms with Gasteiger partial charge in [-0.3, -0.25) is 0 Å². The zero-order valence-electron chi connectivity index (χ0n) is 17.9. The van der Waals surface area contributed by atoms with Gasteiger partial charge in [-0.05, 0) is 30.4 Å². The van der Waals surface area contributed by atoms with Gasteiger partial charge in [0.15, 0.2) is 0 Å². The summed E-state index contributed by atoms with van der Waals surface area (Å²) in [4.78, 5) is 0. The van der Waals surface area contributed by atoms with Crippen molar-refractivity contribution in [3.05, 3.63) is 71.8 Å². The van der Waals surface area contributed by atoms with E-state index in [-0.39, 0.29) is 6.10 Å². The van der Waals surface area contributed by atoms with E-state index < -0.39 is 9.53 Å². The quantitative estimate of drug-likeness (QED) is 0.259. The van der Waals surface area contributed by atoms with E-state index in [1.807, 2.05) is 43.3 Å². The Morgan fingerprint density at radius 1 is 0.966 bits per heavy atom. The summed E-state index contributed by atoms with van der Waals surface area (Å²) in [5, 5.41) is 11.2. The lowest BCUT2D eigenvalue weighted by atomic mass is 9.91. The maximum Gasteiger partial charge on any atom is 0.0967 e. The monoisotopic (exact) mass is 510 g/mol. The first-order valence-corrected chi connectivity index (χ1v) is 11.6. The first-order valence-electron chi connectivity index (χ1n) is 10.6. The van der Waals surface area contributed by atoms with Gasteiger partial charge in [0.1, 0.15) is 0 Å². The van der Waals surface area contributed by atoms with Crippen LogP contribution in [0.1, 0.15) is 51.2 Å². The van der Waals surface area contributed by atoms with E-state index in [4.69, 9.17) is 9.47 Å². The van der Waals surface area contributed by atoms with Crippen molar-refractivity contribution in [1.82, 2.24) is 0 Å². The molecule has 1 N–H and O–H groups in total. The number of hydrogen-bond donors (Lipinski definition) is 1. The van der Waals surface area contributed by atoms with Crippen LogP contribution in [0, 0.1) is 5.92 Å². The average molecular weight is 510 g/mol. The molecule has 2 aromatic carbocycles. The molecule has 0 fully saturated rings. The van der Waals surface area contributed by atoms with Gasteiger partial charge in [-0.2, -0.15) is 0 Å². The Balaban J connectivity index is 1.97. The first kappa shape index (κ1) is 24.3. The molecule has 0 aliphatic heterocycles. The summed E-state index contributed by atoms with van der Waals surface area (Å²) in [6.07, 6.45) is 2.30. The Labute approximate surface area is 190 Å². The molecular formula is C25H35IO3. The number of ether oxygens (including phenoxy) is 2. The standard InChI is InChI=1S/C25H35IO3/c1-4-11-20(2)16-23(29-18-22-14-9-6-10-15-22)24(27)25(3,26)19-28-17-21-12-7-5-8-13-21/h5-10,12-15,20,23-24,27H,4,11,16-19H2,1-3H3/t20?,23-,24?,25?/m0/s1. The van der Waals surface area contributed by atoms with Crippen LogP contribution >= 0.6 is 22.6 Å². The van der Waals surface area contributed by atoms with Gasteiger partial charge in [-0.1, -0.05) is 110 Å². The molecule has 0 radical (unpaired) electrons. The minimum absolute atomic E-state index is 0.223. The molecule has 0 aliphatic rings. The Hall–Kier alpha value is -0.950. The van der Waals surface area contributed by atoms with E-state index in [0.29, 0.717) is 25.7 Å². The molecule has 0 aliphatic carbocycles. The molecule has 4 heteroatoms. The van der Waals surface area contributed by atoms with Crippen LogP contribution in [-0.2, 0) is 22.7 Å². The van der Waals surface area contributed by atoms with Crippen LogP contribution in [-0.4, -0.2) is 27.3 Å². The molecule has 0 saturated carbocycles. The lowest BCUT2D eigenvalue weighted by Gasteiger charge is -2.35. The van der Waals surface area contributed by atoms with E-state index in [9.17, 15) is 5.11 Å². The highest BCUT2D eigenvalue weighted by Crippen LogP contribution is 2.31. The van der Waals surface area contributed by atoms with E-state index in [0.717, 1.165) is 30.4 Å². The SMILES string of the molecule is CCCC(C)C[C@H](OCc1ccccc1)C(O)C(C)(I)COCc1ccccc1. The smallest absolute Gasteiger partial charge is 0.0967 e. The normalized spacial score (nSPS) is 16.7. The van der Waals surface area contributed by atoms with Gasteiger partial charge in [0.25, 0.3) is 0 Å². The molecule has 0 aromatic heterocycles. The number of aliphatic hydroxyl groups is 1. The average Bonchev–Trinajstić information content (AvgIpc) is 2.72. The van der Waals surface area contributed by atoms with E-state index in [2.05, 4.69) is 60.7 Å². The molecule has 3 nitrogen and oxygen atoms in total. The number of halogens is 1. The number of alkyl halides is 1. The Morgan fingerprint density at radius 3 is 2.07 bits per heavy atom. The summed E-state index contributed by atoms with van der Waals surface area (Å²) in [5.74, 6) is 0.507. The predicted molar refractivity (Wildman–Crippen MR) is 128 cm³/mol. The first-order chi connectivity index (χ1) is 13.9. The van der Waals surface area contributed by atoms with Crippen molar-refractivity contribution in [3.8, 4) is 0 Å². The van der Waals surface area contributed by atoms with Crippen molar-refractivity contribution in [1.29, 1.82) is 0 Å². The van der Waals surface area contributed by atoms with Crippen LogP contribution in [0.5, 0.6) is 0 Å². The molecule has 2 rings (SSSR count). The lowest BCUT2D eigenvalue weighted by molar-refractivity contribution is -0.0772. The molecule has 0 bridgehead atoms. The molecular weight excluding hydrogens is 475 g/mol. The molecule has 0 amide bonds. The maximum absolute atomic E-state index is 11.2. The fourth-order valence-electron chi connectivity index (χ4n) is 3.49. The molecule has 160 valence electrons. The van der Waals surface area contributed by atoms with Gasteiger partial charge >= 0.3 is 0 Å². The minimum Gasteiger partial charge on any atom is -0.389 e. The Kier molecular flexibility index (Phi) is 10.6. The van der Waals surface area contributed by atoms with Crippen LogP contribution < -0.4 is 0 Å². The topological polar surface area (TPSA) is 38.7 Å². The summed E-state index contributed by atoms with van der Waals surface area (Å²) in [6, 6.07) is 20.3. The fourth-order valence-corrected chi connectivity index (χ4v) is 4.11. The van der Waals surface area contributed by atoms with E-state index in [1.165, 1.54) is 0 Å². The van der Waals surface area contributed by atoms with Gasteiger partial charge in [0.05, 0.1) is 35.5 Å². The van der Waals surface area contributed by atoms with Gasteiger partial charge in [-0.15, -0.1) is 0 Å². The van der Waals surface area contributed by atoms with Gasteiger partial charge in [-0.25, -0.2) is 0 Å². The molecule has 29 heavy (non-hydrogen) atoms. The van der Waals surface area contributed by atoms with Crippen LogP contribution in [0.2, 0.25) is 0 Å². The third-order valence-electron chi connectivity index (χ3n) is 5.19. The van der Waals surface area contributed by atoms with Crippen LogP contribution in [0.25, 0.3) is 0 Å². The predicted octanol–water partition coefficient (Wildman–Crippen LogP) is 6.17. The van der Waals surface area contributed by atoms with Crippen molar-refractivity contribution >= 4 is 22.6 Å². The van der Waals surface area contributed by atoms with E-state index >= 15 is 0 Å². The second-order valence-electron chi connectivity index (χ2n) is 8.17. The van der Waals surface area contributed by atoms with Gasteiger partial charge in [0, 0.05) is 0 Å². The zero-order chi connectivity index (χ0) is 21.1. The largest absolute Gasteiger partial charge is 0.389 e. The fraction of sp³-hybridized carbons (Fsp3) is 0.520. The highest BCUT2D eigenvalue weighted by Gasteiger charge is 2.37. The van der Waals surface area contributed by atoms with Gasteiger partial charge in [0.2, 0.25) is 0 Å². The molecule has 2 aromatic rings. The highest BCUT2D eigenvalue weighted by atomic mass is 127. The number of benzene rings is 2. The molecule has 4 atom stereocenters. The highest BCUT2D eigenvalue weighted by molar-refractivity contribution is 14.1. The van der Waals surface area contributed by atoms with Crippen LogP contribution in [0.4, 0.5) is 0 Å².